The van der Waals surface area contributed by atoms with Crippen LogP contribution in [0.25, 0.3) is 95.8 Å². The fourth-order valence-electron chi connectivity index (χ4n) is 12.2. The van der Waals surface area contributed by atoms with Crippen molar-refractivity contribution in [3.05, 3.63) is 279 Å². The summed E-state index contributed by atoms with van der Waals surface area (Å²) in [6.07, 6.45) is 0. The van der Waals surface area contributed by atoms with Crippen molar-refractivity contribution in [2.24, 2.45) is 0 Å². The maximum absolute atomic E-state index is 5.28. The van der Waals surface area contributed by atoms with Crippen LogP contribution >= 0.6 is 0 Å². The predicted molar refractivity (Wildman–Crippen MR) is 334 cm³/mol. The van der Waals surface area contributed by atoms with Crippen molar-refractivity contribution in [1.29, 1.82) is 0 Å². The molecule has 5 heterocycles. The van der Waals surface area contributed by atoms with E-state index in [-0.39, 0.29) is 0 Å². The number of hydrogen-bond acceptors (Lipinski definition) is 8. The Bertz CT molecular complexity index is 4340. The Hall–Kier alpha value is -10.5. The van der Waals surface area contributed by atoms with Crippen molar-refractivity contribution in [3.8, 4) is 74.0 Å². The average molecular weight is 1110 g/mol. The molecule has 14 aromatic rings. The summed E-state index contributed by atoms with van der Waals surface area (Å²) in [5, 5.41) is 2.41. The van der Waals surface area contributed by atoms with E-state index in [2.05, 4.69) is 221 Å². The van der Waals surface area contributed by atoms with Crippen molar-refractivity contribution >= 4 is 84.5 Å². The van der Waals surface area contributed by atoms with Gasteiger partial charge in [0.1, 0.15) is 0 Å². The van der Waals surface area contributed by atoms with Crippen LogP contribution in [-0.2, 0) is 0 Å². The molecule has 10 heteroatoms. The van der Waals surface area contributed by atoms with Crippen LogP contribution < -0.4 is 22.2 Å². The van der Waals surface area contributed by atoms with Gasteiger partial charge in [0.25, 0.3) is 0 Å². The van der Waals surface area contributed by atoms with Crippen LogP contribution in [0, 0.1) is 0 Å². The number of para-hydroxylation sites is 4. The minimum absolute atomic E-state index is 0.604. The van der Waals surface area contributed by atoms with Crippen LogP contribution in [0.1, 0.15) is 0 Å². The van der Waals surface area contributed by atoms with E-state index in [0.717, 1.165) is 84.2 Å². The number of aromatic nitrogens is 7. The van der Waals surface area contributed by atoms with Crippen molar-refractivity contribution in [2.45, 2.75) is 0 Å². The summed E-state index contributed by atoms with van der Waals surface area (Å²) in [4.78, 5) is 36.3. The molecule has 16 rings (SSSR count). The molecular weight excluding hydrogens is 1060 g/mol. The molecule has 2 aliphatic heterocycles. The molecule has 0 bridgehead atoms. The summed E-state index contributed by atoms with van der Waals surface area (Å²) in [5.74, 6) is 3.68. The van der Waals surface area contributed by atoms with Gasteiger partial charge >= 0.3 is 482 Å². The number of rotatable bonds is 9. The summed E-state index contributed by atoms with van der Waals surface area (Å²) in [5.41, 5.74) is 15.4. The van der Waals surface area contributed by atoms with Gasteiger partial charge in [0, 0.05) is 0 Å². The molecule has 0 spiro atoms. The first-order chi connectivity index (χ1) is 40.7. The molecule has 0 fully saturated rings. The van der Waals surface area contributed by atoms with Crippen molar-refractivity contribution < 1.29 is 0 Å². The zero-order valence-electron chi connectivity index (χ0n) is 44.2. The predicted octanol–water partition coefficient (Wildman–Crippen LogP) is 15.2. The topological polar surface area (TPSA) is 88.8 Å². The molecule has 0 saturated carbocycles. The van der Waals surface area contributed by atoms with Crippen LogP contribution in [0.4, 0.5) is 34.1 Å². The Morgan fingerprint density at radius 2 is 0.549 bits per heavy atom. The number of fused-ring (bicyclic) bond motifs is 7. The molecule has 0 unspecified atom stereocenters. The molecule has 11 aromatic carbocycles. The van der Waals surface area contributed by atoms with Gasteiger partial charge in [-0.05, 0) is 0 Å². The number of hydrogen-bond donors (Lipinski definition) is 0. The third-order valence-electron chi connectivity index (χ3n) is 15.8. The summed E-state index contributed by atoms with van der Waals surface area (Å²) < 4.78 is 6.49. The van der Waals surface area contributed by atoms with Crippen molar-refractivity contribution in [2.75, 3.05) is 9.80 Å². The molecule has 0 radical (unpaired) electrons. The van der Waals surface area contributed by atoms with E-state index in [4.69, 9.17) is 29.9 Å². The number of nitrogens with zero attached hydrogens (tertiary/aromatic N) is 9. The summed E-state index contributed by atoms with van der Waals surface area (Å²) >= 11 is -3.21. The van der Waals surface area contributed by atoms with E-state index in [1.165, 1.54) is 23.1 Å². The van der Waals surface area contributed by atoms with Crippen molar-refractivity contribution in [3.63, 3.8) is 0 Å². The van der Waals surface area contributed by atoms with Gasteiger partial charge in [0.05, 0.1) is 0 Å². The van der Waals surface area contributed by atoms with Gasteiger partial charge in [-0.3, -0.25) is 0 Å². The van der Waals surface area contributed by atoms with Crippen LogP contribution in [0.2, 0.25) is 0 Å². The van der Waals surface area contributed by atoms with E-state index in [1.54, 1.807) is 0 Å². The first kappa shape index (κ1) is 47.5. The summed E-state index contributed by atoms with van der Waals surface area (Å²) in [7, 11) is 0. The molecule has 3 aromatic heterocycles. The zero-order chi connectivity index (χ0) is 54.1. The normalized spacial score (nSPS) is 12.3. The SMILES string of the molecule is c1ccc(-c2nc(-c3ccccc3)nc(-c3cc[c]4c(c3)N(c3ccccc3)c3cc(-n5c6ccccc6c6ccccc65)cc5[c]3[Ga]4[c]3ccc(-c4nc(-c6ccccc6)nc(-c6ccccc6)n4)cc3N5c3ccccc3)n2)cc1. The fourth-order valence-corrected chi connectivity index (χ4v) is 19.7. The van der Waals surface area contributed by atoms with Crippen LogP contribution in [-0.4, -0.2) is 50.7 Å². The summed E-state index contributed by atoms with van der Waals surface area (Å²) in [6, 6.07) is 98.8. The summed E-state index contributed by atoms with van der Waals surface area (Å²) in [6.45, 7) is 0. The van der Waals surface area contributed by atoms with Crippen molar-refractivity contribution in [1.82, 2.24) is 34.5 Å². The second-order valence-electron chi connectivity index (χ2n) is 20.7. The van der Waals surface area contributed by atoms with Gasteiger partial charge in [-0.2, -0.15) is 0 Å². The van der Waals surface area contributed by atoms with Gasteiger partial charge in [-0.1, -0.05) is 0 Å². The van der Waals surface area contributed by atoms with Gasteiger partial charge in [0.15, 0.2) is 0 Å². The number of benzene rings is 11. The Balaban J connectivity index is 0.985. The molecule has 0 aliphatic carbocycles. The van der Waals surface area contributed by atoms with Gasteiger partial charge in [-0.25, -0.2) is 0 Å². The molecule has 382 valence electrons. The molecule has 2 aliphatic rings. The van der Waals surface area contributed by atoms with Crippen LogP contribution in [0.3, 0.4) is 0 Å². The minimum atomic E-state index is -3.21. The Morgan fingerprint density at radius 3 is 0.902 bits per heavy atom. The average Bonchev–Trinajstić information content (AvgIpc) is 4.06. The standard InChI is InChI=1S/C72H46N9.Ga/c1-7-25-50(26-8-1)67-73-68(51-27-9-2-10-28-51)76-71(75-67)54-33-23-39-58(45-54)79(56-35-15-5-16-36-56)60-47-61(49-62(48-60)81-65-43-21-19-41-63(65)64-42-20-22-44-66(64)81)80(57-37-17-6-18-38-57)59-40-24-34-55(46-59)72-77-69(52-29-11-3-12-30-52)74-70(78-72)53-31-13-4-14-32-53;/h1-38,41-46,48-49H;. The Labute approximate surface area is 478 Å². The monoisotopic (exact) mass is 1110 g/mol. The van der Waals surface area contributed by atoms with E-state index in [9.17, 15) is 0 Å². The first-order valence-corrected chi connectivity index (χ1v) is 31.2. The van der Waals surface area contributed by atoms with E-state index in [1.807, 2.05) is 72.8 Å². The zero-order valence-corrected chi connectivity index (χ0v) is 46.6. The third-order valence-corrected chi connectivity index (χ3v) is 22.9. The Morgan fingerprint density at radius 1 is 0.244 bits per heavy atom. The third kappa shape index (κ3) is 8.03. The fraction of sp³-hybridized carbons (Fsp3) is 0. The van der Waals surface area contributed by atoms with E-state index in [0.29, 0.717) is 34.9 Å². The molecule has 0 amide bonds. The Kier molecular flexibility index (Phi) is 11.4. The van der Waals surface area contributed by atoms with Crippen LogP contribution in [0.5, 0.6) is 0 Å². The maximum atomic E-state index is 5.28. The molecule has 0 N–H and O–H groups in total. The second kappa shape index (κ2) is 19.7. The quantitative estimate of drug-likeness (QED) is 0.132. The van der Waals surface area contributed by atoms with Gasteiger partial charge < -0.3 is 0 Å². The van der Waals surface area contributed by atoms with Gasteiger partial charge in [-0.15, -0.1) is 0 Å². The molecule has 0 atom stereocenters. The molecular formula is C72H46GaN9. The van der Waals surface area contributed by atoms with E-state index < -0.39 is 16.2 Å². The molecule has 0 saturated heterocycles. The molecule has 82 heavy (non-hydrogen) atoms. The van der Waals surface area contributed by atoms with Gasteiger partial charge in [0.2, 0.25) is 0 Å². The molecule has 9 nitrogen and oxygen atoms in total. The van der Waals surface area contributed by atoms with E-state index >= 15 is 0 Å². The number of anilines is 6. The van der Waals surface area contributed by atoms with Crippen LogP contribution in [0.15, 0.2) is 279 Å². The second-order valence-corrected chi connectivity index (χ2v) is 26.3. The first-order valence-electron chi connectivity index (χ1n) is 27.6.